The van der Waals surface area contributed by atoms with Crippen molar-refractivity contribution in [1.82, 2.24) is 20.2 Å². The molecule has 3 aromatic rings. The number of benzene rings is 1. The van der Waals surface area contributed by atoms with Gasteiger partial charge in [-0.1, -0.05) is 19.3 Å². The van der Waals surface area contributed by atoms with Gasteiger partial charge in [-0.05, 0) is 45.9 Å². The number of likely N-dealkylation sites (N-methyl/N-ethyl adjacent to an activating group) is 1. The second-order valence-corrected chi connectivity index (χ2v) is 12.4. The minimum Gasteiger partial charge on any atom is -0.366 e. The standard InChI is InChI=1S/C30H34F4N6O3S/c1-16-13-40(14-17(2)39(16)3)24-10-19(37-27(42)21-12-35-25(41)11-22(21)30(32,33)34)9-20(26(24)31)29-38-23(15-44-29)28(43)36-18-7-5-4-6-8-18/h9-12,15-18H,4-8,13-14H2,1-3H3,(H,35,41)(H,36,43)(H,37,42)/t16-,17+. The van der Waals surface area contributed by atoms with Crippen LogP contribution < -0.4 is 21.1 Å². The lowest BCUT2D eigenvalue weighted by Gasteiger charge is -2.43. The molecule has 5 rings (SSSR count). The molecule has 0 radical (unpaired) electrons. The molecular formula is C30H34F4N6O3S. The van der Waals surface area contributed by atoms with E-state index >= 15 is 4.39 Å². The maximum atomic E-state index is 16.3. The van der Waals surface area contributed by atoms with E-state index in [-0.39, 0.29) is 51.7 Å². The van der Waals surface area contributed by atoms with E-state index in [0.717, 1.165) is 43.4 Å². The fourth-order valence-electron chi connectivity index (χ4n) is 5.77. The monoisotopic (exact) mass is 634 g/mol. The molecule has 0 spiro atoms. The molecule has 1 aliphatic carbocycles. The minimum absolute atomic E-state index is 0.00346. The summed E-state index contributed by atoms with van der Waals surface area (Å²) in [7, 11) is 1.98. The number of hydrogen-bond donors (Lipinski definition) is 3. The van der Waals surface area contributed by atoms with Gasteiger partial charge in [0.1, 0.15) is 10.7 Å². The van der Waals surface area contributed by atoms with Crippen molar-refractivity contribution >= 4 is 34.5 Å². The molecule has 1 saturated heterocycles. The Hall–Kier alpha value is -3.78. The van der Waals surface area contributed by atoms with Crippen molar-refractivity contribution in [3.05, 3.63) is 62.8 Å². The van der Waals surface area contributed by atoms with Gasteiger partial charge < -0.3 is 20.5 Å². The maximum absolute atomic E-state index is 16.3. The Morgan fingerprint density at radius 1 is 1.05 bits per heavy atom. The second kappa shape index (κ2) is 12.7. The van der Waals surface area contributed by atoms with Gasteiger partial charge in [0.25, 0.3) is 11.8 Å². The summed E-state index contributed by atoms with van der Waals surface area (Å²) >= 11 is 1.06. The normalized spacial score (nSPS) is 20.0. The summed E-state index contributed by atoms with van der Waals surface area (Å²) in [5, 5.41) is 7.17. The van der Waals surface area contributed by atoms with Gasteiger partial charge in [0, 0.05) is 54.5 Å². The summed E-state index contributed by atoms with van der Waals surface area (Å²) in [5.74, 6) is -2.12. The number of nitrogens with zero attached hydrogens (tertiary/aromatic N) is 3. The lowest BCUT2D eigenvalue weighted by molar-refractivity contribution is -0.138. The molecule has 0 bridgehead atoms. The van der Waals surface area contributed by atoms with Gasteiger partial charge in [0.15, 0.2) is 5.82 Å². The first-order chi connectivity index (χ1) is 20.8. The fraction of sp³-hybridized carbons (Fsp3) is 0.467. The SMILES string of the molecule is C[C@@H]1CN(c2cc(NC(=O)c3c[nH]c(=O)cc3C(F)(F)F)cc(-c3nc(C(=O)NC4CCCCC4)cs3)c2F)C[C@H](C)N1C. The first-order valence-electron chi connectivity index (χ1n) is 14.5. The molecule has 1 aliphatic heterocycles. The quantitative estimate of drug-likeness (QED) is 0.309. The molecule has 236 valence electrons. The van der Waals surface area contributed by atoms with Crippen molar-refractivity contribution in [1.29, 1.82) is 0 Å². The highest BCUT2D eigenvalue weighted by molar-refractivity contribution is 7.13. The lowest BCUT2D eigenvalue weighted by atomic mass is 9.95. The van der Waals surface area contributed by atoms with Crippen LogP contribution in [0.25, 0.3) is 10.6 Å². The minimum atomic E-state index is -4.96. The van der Waals surface area contributed by atoms with E-state index in [1.165, 1.54) is 17.5 Å². The van der Waals surface area contributed by atoms with E-state index in [1.54, 1.807) is 0 Å². The van der Waals surface area contributed by atoms with E-state index in [2.05, 4.69) is 25.5 Å². The number of amides is 2. The topological polar surface area (TPSA) is 110 Å². The number of nitrogens with one attached hydrogen (secondary N) is 3. The number of H-pyrrole nitrogens is 1. The number of carbonyl (C=O) groups is 2. The number of pyridine rings is 1. The highest BCUT2D eigenvalue weighted by Gasteiger charge is 2.36. The van der Waals surface area contributed by atoms with Gasteiger partial charge in [-0.2, -0.15) is 13.2 Å². The Kier molecular flexibility index (Phi) is 9.12. The van der Waals surface area contributed by atoms with Crippen LogP contribution in [0.5, 0.6) is 0 Å². The Balaban J connectivity index is 1.51. The first-order valence-corrected chi connectivity index (χ1v) is 15.4. The summed E-state index contributed by atoms with van der Waals surface area (Å²) in [6, 6.07) is 3.17. The summed E-state index contributed by atoms with van der Waals surface area (Å²) < 4.78 is 57.3. The van der Waals surface area contributed by atoms with E-state index in [1.807, 2.05) is 25.8 Å². The molecule has 14 heteroatoms. The van der Waals surface area contributed by atoms with Crippen LogP contribution in [0.15, 0.2) is 34.6 Å². The zero-order chi connectivity index (χ0) is 31.8. The zero-order valence-corrected chi connectivity index (χ0v) is 25.4. The molecule has 9 nitrogen and oxygen atoms in total. The number of hydrogen-bond acceptors (Lipinski definition) is 7. The molecule has 2 fully saturated rings. The summed E-state index contributed by atoms with van der Waals surface area (Å²) in [4.78, 5) is 48.1. The molecular weight excluding hydrogens is 600 g/mol. The van der Waals surface area contributed by atoms with Gasteiger partial charge in [-0.3, -0.25) is 19.3 Å². The Bertz CT molecular complexity index is 1590. The molecule has 2 aromatic heterocycles. The maximum Gasteiger partial charge on any atom is 0.417 e. The largest absolute Gasteiger partial charge is 0.417 e. The summed E-state index contributed by atoms with van der Waals surface area (Å²) in [5.41, 5.74) is -2.88. The van der Waals surface area contributed by atoms with Gasteiger partial charge in [-0.25, -0.2) is 9.37 Å². The molecule has 44 heavy (non-hydrogen) atoms. The number of thiazole rings is 1. The number of aromatic nitrogens is 2. The third kappa shape index (κ3) is 6.80. The molecule has 2 aliphatic rings. The molecule has 2 amide bonds. The van der Waals surface area contributed by atoms with E-state index in [9.17, 15) is 27.6 Å². The number of rotatable bonds is 6. The van der Waals surface area contributed by atoms with Crippen LogP contribution in [-0.4, -0.2) is 64.9 Å². The molecule has 3 heterocycles. The third-order valence-electron chi connectivity index (χ3n) is 8.39. The highest BCUT2D eigenvalue weighted by atomic mass is 32.1. The average Bonchev–Trinajstić information content (AvgIpc) is 3.47. The van der Waals surface area contributed by atoms with Crippen molar-refractivity contribution in [2.45, 2.75) is 70.3 Å². The van der Waals surface area contributed by atoms with Crippen molar-refractivity contribution in [2.24, 2.45) is 0 Å². The number of aromatic amines is 1. The third-order valence-corrected chi connectivity index (χ3v) is 9.27. The number of alkyl halides is 3. The van der Waals surface area contributed by atoms with Crippen molar-refractivity contribution in [3.8, 4) is 10.6 Å². The Morgan fingerprint density at radius 3 is 2.39 bits per heavy atom. The highest BCUT2D eigenvalue weighted by Crippen LogP contribution is 2.37. The fourth-order valence-corrected chi connectivity index (χ4v) is 6.58. The predicted molar refractivity (Wildman–Crippen MR) is 161 cm³/mol. The van der Waals surface area contributed by atoms with E-state index in [4.69, 9.17) is 0 Å². The Labute approximate surface area is 255 Å². The smallest absolute Gasteiger partial charge is 0.366 e. The Morgan fingerprint density at radius 2 is 1.73 bits per heavy atom. The molecule has 0 unspecified atom stereocenters. The van der Waals surface area contributed by atoms with Gasteiger partial charge in [0.2, 0.25) is 5.56 Å². The van der Waals surface area contributed by atoms with Crippen LogP contribution in [0.3, 0.4) is 0 Å². The number of piperazine rings is 1. The van der Waals surface area contributed by atoms with Crippen LogP contribution in [0.4, 0.5) is 28.9 Å². The number of carbonyl (C=O) groups excluding carboxylic acids is 2. The average molecular weight is 635 g/mol. The molecule has 2 atom stereocenters. The van der Waals surface area contributed by atoms with Crippen LogP contribution in [0.2, 0.25) is 0 Å². The number of anilines is 2. The molecule has 1 aromatic carbocycles. The zero-order valence-electron chi connectivity index (χ0n) is 24.6. The van der Waals surface area contributed by atoms with Crippen LogP contribution in [0, 0.1) is 5.82 Å². The lowest BCUT2D eigenvalue weighted by Crippen LogP contribution is -2.55. The summed E-state index contributed by atoms with van der Waals surface area (Å²) in [6.07, 6.45) is 0.715. The predicted octanol–water partition coefficient (Wildman–Crippen LogP) is 5.50. The van der Waals surface area contributed by atoms with Gasteiger partial charge in [0.05, 0.1) is 22.4 Å². The van der Waals surface area contributed by atoms with Crippen LogP contribution >= 0.6 is 11.3 Å². The molecule has 1 saturated carbocycles. The van der Waals surface area contributed by atoms with E-state index < -0.39 is 34.6 Å². The second-order valence-electron chi connectivity index (χ2n) is 11.5. The van der Waals surface area contributed by atoms with E-state index in [0.29, 0.717) is 25.4 Å². The summed E-state index contributed by atoms with van der Waals surface area (Å²) in [6.45, 7) is 4.92. The molecule has 3 N–H and O–H groups in total. The van der Waals surface area contributed by atoms with Gasteiger partial charge >= 0.3 is 6.18 Å². The first kappa shape index (κ1) is 31.6. The van der Waals surface area contributed by atoms with Crippen molar-refractivity contribution in [2.75, 3.05) is 30.4 Å². The van der Waals surface area contributed by atoms with Crippen LogP contribution in [0.1, 0.15) is 72.4 Å². The van der Waals surface area contributed by atoms with Gasteiger partial charge in [-0.15, -0.1) is 11.3 Å². The van der Waals surface area contributed by atoms with Crippen molar-refractivity contribution < 1.29 is 27.2 Å². The van der Waals surface area contributed by atoms with Crippen LogP contribution in [-0.2, 0) is 6.18 Å². The van der Waals surface area contributed by atoms with Crippen molar-refractivity contribution in [3.63, 3.8) is 0 Å². The number of halogens is 4.